The number of aromatic nitrogens is 2. The number of nitrogens with zero attached hydrogens (tertiary/aromatic N) is 3. The smallest absolute Gasteiger partial charge is 0.254 e. The number of carbonyl (C=O) groups is 2. The number of aryl methyl sites for hydroxylation is 1. The molecule has 4 rings (SSSR count). The van der Waals surface area contributed by atoms with Gasteiger partial charge in [-0.15, -0.1) is 0 Å². The number of nitrogens with one attached hydrogen (secondary N) is 1. The lowest BCUT2D eigenvalue weighted by Crippen LogP contribution is -2.40. The second-order valence-electron chi connectivity index (χ2n) is 8.30. The maximum Gasteiger partial charge on any atom is 0.254 e. The number of amides is 2. The monoisotopic (exact) mass is 446 g/mol. The lowest BCUT2D eigenvalue weighted by molar-refractivity contribution is -0.134. The molecule has 0 saturated carbocycles. The molecular weight excluding hydrogens is 419 g/mol. The van der Waals surface area contributed by atoms with Crippen LogP contribution in [-0.4, -0.2) is 33.2 Å². The van der Waals surface area contributed by atoms with Crippen LogP contribution in [0.5, 0.6) is 0 Å². The number of rotatable bonds is 6. The molecule has 1 aromatic heterocycles. The molecule has 170 valence electrons. The van der Waals surface area contributed by atoms with Crippen molar-refractivity contribution in [2.75, 3.05) is 6.54 Å². The number of piperidine rings is 1. The summed E-state index contributed by atoms with van der Waals surface area (Å²) >= 11 is 0. The van der Waals surface area contributed by atoms with Crippen LogP contribution in [0.1, 0.15) is 58.3 Å². The van der Waals surface area contributed by atoms with Gasteiger partial charge >= 0.3 is 0 Å². The summed E-state index contributed by atoms with van der Waals surface area (Å²) in [6.45, 7) is 2.84. The van der Waals surface area contributed by atoms with E-state index in [0.29, 0.717) is 30.2 Å². The Labute approximate surface area is 192 Å². The molecule has 1 aliphatic rings. The first-order chi connectivity index (χ1) is 16.0. The van der Waals surface area contributed by atoms with E-state index in [-0.39, 0.29) is 30.1 Å². The third-order valence-corrected chi connectivity index (χ3v) is 5.93. The SMILES string of the molecule is Cc1nc(C2CCCCN2C(=O)Cc2ccc(F)cc2)ncc1C(=O)NCc1ccccc1. The van der Waals surface area contributed by atoms with Crippen LogP contribution in [0.3, 0.4) is 0 Å². The Morgan fingerprint density at radius 2 is 1.82 bits per heavy atom. The highest BCUT2D eigenvalue weighted by Gasteiger charge is 2.30. The zero-order valence-corrected chi connectivity index (χ0v) is 18.6. The molecular formula is C26H27FN4O2. The summed E-state index contributed by atoms with van der Waals surface area (Å²) in [6, 6.07) is 15.5. The van der Waals surface area contributed by atoms with Crippen molar-refractivity contribution in [3.63, 3.8) is 0 Å². The molecule has 1 aliphatic heterocycles. The van der Waals surface area contributed by atoms with Gasteiger partial charge in [0.15, 0.2) is 5.82 Å². The predicted octanol–water partition coefficient (Wildman–Crippen LogP) is 4.15. The molecule has 1 unspecified atom stereocenters. The normalized spacial score (nSPS) is 15.8. The van der Waals surface area contributed by atoms with E-state index in [2.05, 4.69) is 15.3 Å². The summed E-state index contributed by atoms with van der Waals surface area (Å²) in [5.41, 5.74) is 2.79. The third-order valence-electron chi connectivity index (χ3n) is 5.93. The fourth-order valence-electron chi connectivity index (χ4n) is 4.12. The first-order valence-corrected chi connectivity index (χ1v) is 11.2. The van der Waals surface area contributed by atoms with Gasteiger partial charge in [0.2, 0.25) is 5.91 Å². The van der Waals surface area contributed by atoms with Crippen LogP contribution in [0.4, 0.5) is 4.39 Å². The average Bonchev–Trinajstić information content (AvgIpc) is 2.84. The minimum Gasteiger partial charge on any atom is -0.348 e. The van der Waals surface area contributed by atoms with E-state index < -0.39 is 0 Å². The summed E-state index contributed by atoms with van der Waals surface area (Å²) in [7, 11) is 0. The van der Waals surface area contributed by atoms with Crippen molar-refractivity contribution in [3.8, 4) is 0 Å². The Kier molecular flexibility index (Phi) is 7.07. The highest BCUT2D eigenvalue weighted by Crippen LogP contribution is 2.30. The first kappa shape index (κ1) is 22.6. The van der Waals surface area contributed by atoms with Crippen molar-refractivity contribution >= 4 is 11.8 Å². The average molecular weight is 447 g/mol. The Morgan fingerprint density at radius 3 is 2.55 bits per heavy atom. The van der Waals surface area contributed by atoms with Crippen LogP contribution in [-0.2, 0) is 17.8 Å². The molecule has 7 heteroatoms. The molecule has 0 bridgehead atoms. The number of benzene rings is 2. The molecule has 0 radical (unpaired) electrons. The number of likely N-dealkylation sites (tertiary alicyclic amines) is 1. The minimum atomic E-state index is -0.321. The fourth-order valence-corrected chi connectivity index (χ4v) is 4.12. The quantitative estimate of drug-likeness (QED) is 0.617. The Hall–Kier alpha value is -3.61. The molecule has 2 aromatic carbocycles. The van der Waals surface area contributed by atoms with Crippen molar-refractivity contribution in [2.45, 2.75) is 45.2 Å². The van der Waals surface area contributed by atoms with E-state index in [1.165, 1.54) is 12.1 Å². The van der Waals surface area contributed by atoms with E-state index in [1.54, 1.807) is 25.3 Å². The minimum absolute atomic E-state index is 0.0303. The highest BCUT2D eigenvalue weighted by atomic mass is 19.1. The maximum absolute atomic E-state index is 13.2. The maximum atomic E-state index is 13.2. The Morgan fingerprint density at radius 1 is 1.06 bits per heavy atom. The van der Waals surface area contributed by atoms with Gasteiger partial charge in [-0.2, -0.15) is 0 Å². The van der Waals surface area contributed by atoms with Crippen molar-refractivity contribution in [2.24, 2.45) is 0 Å². The molecule has 2 heterocycles. The summed E-state index contributed by atoms with van der Waals surface area (Å²) in [5, 5.41) is 2.90. The second kappa shape index (κ2) is 10.3. The van der Waals surface area contributed by atoms with Gasteiger partial charge in [0, 0.05) is 19.3 Å². The largest absolute Gasteiger partial charge is 0.348 e. The summed E-state index contributed by atoms with van der Waals surface area (Å²) in [4.78, 5) is 36.6. The van der Waals surface area contributed by atoms with Crippen LogP contribution in [0, 0.1) is 12.7 Å². The first-order valence-electron chi connectivity index (χ1n) is 11.2. The van der Waals surface area contributed by atoms with E-state index in [0.717, 1.165) is 30.4 Å². The standard InChI is InChI=1S/C26H27FN4O2/c1-18-22(26(33)29-16-20-7-3-2-4-8-20)17-28-25(30-18)23-9-5-6-14-31(23)24(32)15-19-10-12-21(27)13-11-19/h2-4,7-8,10-13,17,23H,5-6,9,14-16H2,1H3,(H,29,33). The van der Waals surface area contributed by atoms with Crippen molar-refractivity contribution in [3.05, 3.63) is 94.8 Å². The Balaban J connectivity index is 1.46. The zero-order chi connectivity index (χ0) is 23.2. The van der Waals surface area contributed by atoms with Crippen LogP contribution >= 0.6 is 0 Å². The van der Waals surface area contributed by atoms with Gasteiger partial charge < -0.3 is 10.2 Å². The van der Waals surface area contributed by atoms with Gasteiger partial charge in [0.05, 0.1) is 23.7 Å². The molecule has 1 atom stereocenters. The van der Waals surface area contributed by atoms with Gasteiger partial charge in [-0.3, -0.25) is 9.59 Å². The van der Waals surface area contributed by atoms with Crippen LogP contribution in [0.2, 0.25) is 0 Å². The predicted molar refractivity (Wildman–Crippen MR) is 123 cm³/mol. The lowest BCUT2D eigenvalue weighted by Gasteiger charge is -2.35. The second-order valence-corrected chi connectivity index (χ2v) is 8.30. The number of halogens is 1. The summed E-state index contributed by atoms with van der Waals surface area (Å²) in [5.74, 6) is -0.0221. The molecule has 0 aliphatic carbocycles. The van der Waals surface area contributed by atoms with Crippen LogP contribution in [0.15, 0.2) is 60.8 Å². The molecule has 33 heavy (non-hydrogen) atoms. The number of hydrogen-bond acceptors (Lipinski definition) is 4. The van der Waals surface area contributed by atoms with Crippen LogP contribution < -0.4 is 5.32 Å². The van der Waals surface area contributed by atoms with Gasteiger partial charge in [0.25, 0.3) is 5.91 Å². The number of hydrogen-bond donors (Lipinski definition) is 1. The van der Waals surface area contributed by atoms with Gasteiger partial charge in [0.1, 0.15) is 5.82 Å². The highest BCUT2D eigenvalue weighted by molar-refractivity contribution is 5.94. The van der Waals surface area contributed by atoms with Crippen molar-refractivity contribution in [1.29, 1.82) is 0 Å². The fraction of sp³-hybridized carbons (Fsp3) is 0.308. The van der Waals surface area contributed by atoms with Crippen LogP contribution in [0.25, 0.3) is 0 Å². The van der Waals surface area contributed by atoms with E-state index in [1.807, 2.05) is 35.2 Å². The molecule has 1 saturated heterocycles. The topological polar surface area (TPSA) is 75.2 Å². The van der Waals surface area contributed by atoms with E-state index in [9.17, 15) is 14.0 Å². The molecule has 3 aromatic rings. The molecule has 1 fully saturated rings. The van der Waals surface area contributed by atoms with Gasteiger partial charge in [-0.05, 0) is 49.4 Å². The van der Waals surface area contributed by atoms with Gasteiger partial charge in [-0.25, -0.2) is 14.4 Å². The number of carbonyl (C=O) groups excluding carboxylic acids is 2. The zero-order valence-electron chi connectivity index (χ0n) is 18.6. The van der Waals surface area contributed by atoms with E-state index >= 15 is 0 Å². The van der Waals surface area contributed by atoms with Crippen molar-refractivity contribution in [1.82, 2.24) is 20.2 Å². The van der Waals surface area contributed by atoms with E-state index in [4.69, 9.17) is 0 Å². The summed E-state index contributed by atoms with van der Waals surface area (Å²) < 4.78 is 13.2. The lowest BCUT2D eigenvalue weighted by atomic mass is 9.99. The molecule has 0 spiro atoms. The van der Waals surface area contributed by atoms with Gasteiger partial charge in [-0.1, -0.05) is 42.5 Å². The summed E-state index contributed by atoms with van der Waals surface area (Å²) in [6.07, 6.45) is 4.43. The molecule has 6 nitrogen and oxygen atoms in total. The molecule has 1 N–H and O–H groups in total. The third kappa shape index (κ3) is 5.61. The van der Waals surface area contributed by atoms with Crippen molar-refractivity contribution < 1.29 is 14.0 Å². The molecule has 2 amide bonds. The Bertz CT molecular complexity index is 1120.